The van der Waals surface area contributed by atoms with Crippen LogP contribution in [0.15, 0.2) is 9.59 Å². The molecule has 1 aliphatic heterocycles. The van der Waals surface area contributed by atoms with Crippen molar-refractivity contribution in [2.45, 2.75) is 65.3 Å². The second-order valence-corrected chi connectivity index (χ2v) is 7.04. The molecule has 26 heavy (non-hydrogen) atoms. The topological polar surface area (TPSA) is 85.2 Å². The van der Waals surface area contributed by atoms with Crippen molar-refractivity contribution < 1.29 is 4.74 Å². The molecule has 8 nitrogen and oxygen atoms in total. The van der Waals surface area contributed by atoms with Crippen molar-refractivity contribution >= 4 is 11.2 Å². The Balaban J connectivity index is 1.95. The fourth-order valence-electron chi connectivity index (χ4n) is 3.64. The number of hydrogen-bond donors (Lipinski definition) is 1. The van der Waals surface area contributed by atoms with Gasteiger partial charge in [0.15, 0.2) is 11.2 Å². The minimum atomic E-state index is -0.379. The van der Waals surface area contributed by atoms with Crippen LogP contribution in [0.1, 0.15) is 45.4 Å². The Morgan fingerprint density at radius 1 is 1.31 bits per heavy atom. The number of imidazole rings is 1. The number of ether oxygens (including phenoxy) is 1. The first-order valence-corrected chi connectivity index (χ1v) is 9.57. The second kappa shape index (κ2) is 8.18. The van der Waals surface area contributed by atoms with E-state index in [1.54, 1.807) is 4.57 Å². The normalized spacial score (nSPS) is 17.6. The van der Waals surface area contributed by atoms with Crippen LogP contribution in [0.5, 0.6) is 0 Å². The number of aromatic amines is 1. The third-order valence-corrected chi connectivity index (χ3v) is 4.97. The molecule has 2 aromatic heterocycles. The first-order chi connectivity index (χ1) is 12.5. The van der Waals surface area contributed by atoms with Gasteiger partial charge in [0.2, 0.25) is 0 Å². The Morgan fingerprint density at radius 3 is 2.77 bits per heavy atom. The van der Waals surface area contributed by atoms with Gasteiger partial charge < -0.3 is 9.30 Å². The van der Waals surface area contributed by atoms with Gasteiger partial charge in [0.1, 0.15) is 5.82 Å². The standard InChI is InChI=1S/C18H29N5O3/c1-4-6-9-23-16-15(17(24)20-18(23)25)22(5-2)14(19-16)12-21(3)11-13-8-7-10-26-13/h13H,4-12H2,1-3H3,(H,20,24,25). The van der Waals surface area contributed by atoms with Gasteiger partial charge in [0.05, 0.1) is 12.6 Å². The van der Waals surface area contributed by atoms with Crippen LogP contribution in [0.3, 0.4) is 0 Å². The summed E-state index contributed by atoms with van der Waals surface area (Å²) in [6.07, 6.45) is 4.31. The zero-order chi connectivity index (χ0) is 18.7. The van der Waals surface area contributed by atoms with Gasteiger partial charge in [-0.2, -0.15) is 0 Å². The Labute approximate surface area is 152 Å². The minimum absolute atomic E-state index is 0.269. The van der Waals surface area contributed by atoms with Crippen molar-refractivity contribution in [1.29, 1.82) is 0 Å². The third kappa shape index (κ3) is 3.76. The first kappa shape index (κ1) is 18.8. The Bertz CT molecular complexity index is 860. The third-order valence-electron chi connectivity index (χ3n) is 4.97. The van der Waals surface area contributed by atoms with E-state index in [1.807, 2.05) is 18.5 Å². The molecule has 3 rings (SSSR count). The lowest BCUT2D eigenvalue weighted by Crippen LogP contribution is -2.31. The maximum atomic E-state index is 12.4. The van der Waals surface area contributed by atoms with Gasteiger partial charge in [-0.25, -0.2) is 9.78 Å². The predicted molar refractivity (Wildman–Crippen MR) is 101 cm³/mol. The molecule has 0 amide bonds. The molecule has 1 N–H and O–H groups in total. The highest BCUT2D eigenvalue weighted by atomic mass is 16.5. The molecule has 1 fully saturated rings. The zero-order valence-electron chi connectivity index (χ0n) is 16.0. The minimum Gasteiger partial charge on any atom is -0.377 e. The Kier molecular flexibility index (Phi) is 5.93. The summed E-state index contributed by atoms with van der Waals surface area (Å²) in [7, 11) is 2.04. The van der Waals surface area contributed by atoms with Gasteiger partial charge in [0, 0.05) is 26.2 Å². The maximum absolute atomic E-state index is 12.4. The van der Waals surface area contributed by atoms with E-state index < -0.39 is 0 Å². The highest BCUT2D eigenvalue weighted by Crippen LogP contribution is 2.16. The summed E-state index contributed by atoms with van der Waals surface area (Å²) in [4.78, 5) is 34.0. The number of nitrogens with zero attached hydrogens (tertiary/aromatic N) is 4. The number of aryl methyl sites for hydroxylation is 2. The van der Waals surface area contributed by atoms with Crippen LogP contribution < -0.4 is 11.2 Å². The van der Waals surface area contributed by atoms with Gasteiger partial charge in [-0.3, -0.25) is 19.2 Å². The summed E-state index contributed by atoms with van der Waals surface area (Å²) in [6, 6.07) is 0. The molecule has 0 radical (unpaired) electrons. The largest absolute Gasteiger partial charge is 0.377 e. The van der Waals surface area contributed by atoms with Crippen molar-refractivity contribution in [3.63, 3.8) is 0 Å². The van der Waals surface area contributed by atoms with E-state index in [-0.39, 0.29) is 17.4 Å². The Morgan fingerprint density at radius 2 is 2.12 bits per heavy atom. The van der Waals surface area contributed by atoms with E-state index >= 15 is 0 Å². The number of aromatic nitrogens is 4. The van der Waals surface area contributed by atoms with Crippen LogP contribution in [0.4, 0.5) is 0 Å². The highest BCUT2D eigenvalue weighted by Gasteiger charge is 2.21. The lowest BCUT2D eigenvalue weighted by Gasteiger charge is -2.20. The van der Waals surface area contributed by atoms with Crippen LogP contribution >= 0.6 is 0 Å². The Hall–Kier alpha value is -1.93. The molecular formula is C18H29N5O3. The molecule has 0 saturated carbocycles. The number of hydrogen-bond acceptors (Lipinski definition) is 5. The quantitative estimate of drug-likeness (QED) is 0.764. The SMILES string of the molecule is CCCCn1c(=O)[nH]c(=O)c2c1nc(CN(C)CC1CCCO1)n2CC. The van der Waals surface area contributed by atoms with Crippen LogP contribution in [0, 0.1) is 0 Å². The summed E-state index contributed by atoms with van der Waals surface area (Å²) >= 11 is 0. The van der Waals surface area contributed by atoms with Crippen molar-refractivity contribution in [2.24, 2.45) is 0 Å². The van der Waals surface area contributed by atoms with E-state index in [2.05, 4.69) is 16.8 Å². The summed E-state index contributed by atoms with van der Waals surface area (Å²) in [6.45, 7) is 7.56. The molecule has 1 unspecified atom stereocenters. The molecule has 2 aromatic rings. The molecular weight excluding hydrogens is 334 g/mol. The predicted octanol–water partition coefficient (Wildman–Crippen LogP) is 1.32. The lowest BCUT2D eigenvalue weighted by atomic mass is 10.2. The molecule has 1 atom stereocenters. The van der Waals surface area contributed by atoms with Crippen LogP contribution in [0.25, 0.3) is 11.2 Å². The molecule has 1 saturated heterocycles. The fraction of sp³-hybridized carbons (Fsp3) is 0.722. The van der Waals surface area contributed by atoms with Gasteiger partial charge in [-0.15, -0.1) is 0 Å². The van der Waals surface area contributed by atoms with E-state index in [0.29, 0.717) is 30.8 Å². The summed E-state index contributed by atoms with van der Waals surface area (Å²) in [5, 5.41) is 0. The van der Waals surface area contributed by atoms with Gasteiger partial charge in [0.25, 0.3) is 5.56 Å². The van der Waals surface area contributed by atoms with Crippen LogP contribution in [-0.2, 0) is 24.4 Å². The average Bonchev–Trinajstić information content (AvgIpc) is 3.22. The van der Waals surface area contributed by atoms with Crippen molar-refractivity contribution in [3.8, 4) is 0 Å². The molecule has 144 valence electrons. The molecule has 0 spiro atoms. The number of fused-ring (bicyclic) bond motifs is 1. The summed E-state index contributed by atoms with van der Waals surface area (Å²) in [5.74, 6) is 0.810. The van der Waals surface area contributed by atoms with Gasteiger partial charge >= 0.3 is 5.69 Å². The zero-order valence-corrected chi connectivity index (χ0v) is 16.0. The molecule has 0 aliphatic carbocycles. The van der Waals surface area contributed by atoms with Crippen molar-refractivity contribution in [3.05, 3.63) is 26.7 Å². The lowest BCUT2D eigenvalue weighted by molar-refractivity contribution is 0.0784. The van der Waals surface area contributed by atoms with E-state index in [4.69, 9.17) is 9.72 Å². The number of H-pyrrole nitrogens is 1. The monoisotopic (exact) mass is 363 g/mol. The van der Waals surface area contributed by atoms with Crippen LogP contribution in [-0.4, -0.2) is 50.3 Å². The molecule has 0 aromatic carbocycles. The van der Waals surface area contributed by atoms with Gasteiger partial charge in [-0.1, -0.05) is 13.3 Å². The number of unbranched alkanes of at least 4 members (excludes halogenated alkanes) is 1. The van der Waals surface area contributed by atoms with Crippen molar-refractivity contribution in [1.82, 2.24) is 24.0 Å². The van der Waals surface area contributed by atoms with Crippen LogP contribution in [0.2, 0.25) is 0 Å². The average molecular weight is 363 g/mol. The molecule has 0 bridgehead atoms. The molecule has 3 heterocycles. The smallest absolute Gasteiger partial charge is 0.330 e. The molecule has 8 heteroatoms. The number of rotatable bonds is 8. The van der Waals surface area contributed by atoms with E-state index in [1.165, 1.54) is 0 Å². The number of likely N-dealkylation sites (N-methyl/N-ethyl adjacent to an activating group) is 1. The van der Waals surface area contributed by atoms with E-state index in [0.717, 1.165) is 44.7 Å². The van der Waals surface area contributed by atoms with E-state index in [9.17, 15) is 9.59 Å². The summed E-state index contributed by atoms with van der Waals surface area (Å²) in [5.41, 5.74) is 0.245. The second-order valence-electron chi connectivity index (χ2n) is 7.04. The summed E-state index contributed by atoms with van der Waals surface area (Å²) < 4.78 is 9.22. The fourth-order valence-corrected chi connectivity index (χ4v) is 3.64. The molecule has 1 aliphatic rings. The number of nitrogens with one attached hydrogen (secondary N) is 1. The van der Waals surface area contributed by atoms with Gasteiger partial charge in [-0.05, 0) is 33.2 Å². The maximum Gasteiger partial charge on any atom is 0.330 e. The van der Waals surface area contributed by atoms with Crippen molar-refractivity contribution in [2.75, 3.05) is 20.2 Å². The highest BCUT2D eigenvalue weighted by molar-refractivity contribution is 5.70. The first-order valence-electron chi connectivity index (χ1n) is 9.57.